The van der Waals surface area contributed by atoms with E-state index in [-0.39, 0.29) is 6.10 Å². The summed E-state index contributed by atoms with van der Waals surface area (Å²) in [6, 6.07) is 9.77. The summed E-state index contributed by atoms with van der Waals surface area (Å²) < 4.78 is 6.30. The van der Waals surface area contributed by atoms with Gasteiger partial charge in [0.25, 0.3) is 0 Å². The average molecular weight is 349 g/mol. The van der Waals surface area contributed by atoms with Gasteiger partial charge in [-0.2, -0.15) is 5.26 Å². The summed E-state index contributed by atoms with van der Waals surface area (Å²) in [7, 11) is 0. The molecule has 0 atom stereocenters. The maximum atomic E-state index is 9.26. The normalized spacial score (nSPS) is 23.3. The molecule has 5 nitrogen and oxygen atoms in total. The lowest BCUT2D eigenvalue weighted by Crippen LogP contribution is -2.31. The van der Waals surface area contributed by atoms with Crippen molar-refractivity contribution in [2.24, 2.45) is 5.92 Å². The minimum absolute atomic E-state index is 0.224. The molecule has 1 fully saturated rings. The fourth-order valence-corrected chi connectivity index (χ4v) is 3.86. The molecule has 2 heterocycles. The van der Waals surface area contributed by atoms with Gasteiger partial charge in [-0.05, 0) is 62.8 Å². The van der Waals surface area contributed by atoms with E-state index in [0.717, 1.165) is 61.2 Å². The van der Waals surface area contributed by atoms with E-state index in [2.05, 4.69) is 22.2 Å². The number of hydrogen-bond donors (Lipinski definition) is 0. The molecule has 1 aliphatic carbocycles. The predicted octanol–water partition coefficient (Wildman–Crippen LogP) is 4.20. The number of para-hydroxylation sites is 1. The number of nitriles is 1. The smallest absolute Gasteiger partial charge is 0.130 e. The van der Waals surface area contributed by atoms with Crippen molar-refractivity contribution in [3.8, 4) is 11.8 Å². The largest absolute Gasteiger partial charge is 0.490 e. The van der Waals surface area contributed by atoms with E-state index in [0.29, 0.717) is 11.5 Å². The monoisotopic (exact) mass is 349 g/mol. The van der Waals surface area contributed by atoms with Gasteiger partial charge in [0.05, 0.1) is 23.7 Å². The third kappa shape index (κ3) is 3.51. The molecular formula is C21H23N3O2. The van der Waals surface area contributed by atoms with Gasteiger partial charge in [0.2, 0.25) is 0 Å². The standard InChI is InChI=1S/C21H23N3O2/c1-15-10-12-24(26-15)14-16-5-7-18(8-6-16)25-20-9-11-23-21-17(13-22)3-2-4-19(20)21/h2-4,9-11,16,18H,5-8,12,14H2,1H3. The maximum Gasteiger partial charge on any atom is 0.130 e. The first-order chi connectivity index (χ1) is 12.7. The third-order valence-corrected chi connectivity index (χ3v) is 5.26. The Bertz CT molecular complexity index is 863. The second-order valence-corrected chi connectivity index (χ2v) is 7.14. The van der Waals surface area contributed by atoms with Gasteiger partial charge < -0.3 is 9.57 Å². The Labute approximate surface area is 153 Å². The Kier molecular flexibility index (Phi) is 4.77. The molecule has 2 aromatic rings. The van der Waals surface area contributed by atoms with Crippen LogP contribution in [0.2, 0.25) is 0 Å². The molecule has 5 heteroatoms. The molecule has 0 unspecified atom stereocenters. The summed E-state index contributed by atoms with van der Waals surface area (Å²) in [6.45, 7) is 3.89. The number of hydrogen-bond acceptors (Lipinski definition) is 5. The highest BCUT2D eigenvalue weighted by Gasteiger charge is 2.26. The minimum Gasteiger partial charge on any atom is -0.490 e. The molecule has 1 aromatic heterocycles. The van der Waals surface area contributed by atoms with Crippen LogP contribution >= 0.6 is 0 Å². The van der Waals surface area contributed by atoms with E-state index in [9.17, 15) is 5.26 Å². The van der Waals surface area contributed by atoms with Gasteiger partial charge in [0, 0.05) is 18.1 Å². The Hall–Kier alpha value is -2.58. The number of hydroxylamine groups is 2. The van der Waals surface area contributed by atoms with E-state index >= 15 is 0 Å². The lowest BCUT2D eigenvalue weighted by atomic mass is 9.87. The molecule has 0 amide bonds. The van der Waals surface area contributed by atoms with Gasteiger partial charge in [-0.3, -0.25) is 4.98 Å². The van der Waals surface area contributed by atoms with Gasteiger partial charge in [-0.1, -0.05) is 6.07 Å². The Balaban J connectivity index is 1.38. The van der Waals surface area contributed by atoms with E-state index in [1.54, 1.807) is 12.3 Å². The van der Waals surface area contributed by atoms with Crippen LogP contribution in [0.3, 0.4) is 0 Å². The molecule has 26 heavy (non-hydrogen) atoms. The summed E-state index contributed by atoms with van der Waals surface area (Å²) in [6.07, 6.45) is 8.47. The highest BCUT2D eigenvalue weighted by molar-refractivity contribution is 5.89. The molecule has 1 aliphatic heterocycles. The number of fused-ring (bicyclic) bond motifs is 1. The van der Waals surface area contributed by atoms with Gasteiger partial charge in [0.15, 0.2) is 0 Å². The molecule has 1 aromatic carbocycles. The fraction of sp³-hybridized carbons (Fsp3) is 0.429. The van der Waals surface area contributed by atoms with Crippen molar-refractivity contribution in [3.63, 3.8) is 0 Å². The number of pyridine rings is 1. The quantitative estimate of drug-likeness (QED) is 0.828. The first-order valence-corrected chi connectivity index (χ1v) is 9.27. The van der Waals surface area contributed by atoms with Crippen LogP contribution in [0.4, 0.5) is 0 Å². The van der Waals surface area contributed by atoms with Gasteiger partial charge in [-0.25, -0.2) is 0 Å². The van der Waals surface area contributed by atoms with Crippen molar-refractivity contribution >= 4 is 10.9 Å². The molecule has 0 radical (unpaired) electrons. The van der Waals surface area contributed by atoms with E-state index < -0.39 is 0 Å². The second-order valence-electron chi connectivity index (χ2n) is 7.14. The summed E-state index contributed by atoms with van der Waals surface area (Å²) in [5, 5.41) is 12.2. The summed E-state index contributed by atoms with van der Waals surface area (Å²) in [4.78, 5) is 10.0. The number of ether oxygens (including phenoxy) is 1. The number of benzene rings is 1. The zero-order valence-electron chi connectivity index (χ0n) is 15.0. The minimum atomic E-state index is 0.224. The average Bonchev–Trinajstić information content (AvgIpc) is 3.08. The molecule has 1 saturated carbocycles. The maximum absolute atomic E-state index is 9.26. The first kappa shape index (κ1) is 16.9. The van der Waals surface area contributed by atoms with Gasteiger partial charge in [-0.15, -0.1) is 5.06 Å². The van der Waals surface area contributed by atoms with Crippen molar-refractivity contribution in [2.75, 3.05) is 13.1 Å². The molecule has 0 spiro atoms. The van der Waals surface area contributed by atoms with Crippen molar-refractivity contribution in [2.45, 2.75) is 38.7 Å². The highest BCUT2D eigenvalue weighted by atomic mass is 16.7. The molecule has 0 saturated heterocycles. The zero-order chi connectivity index (χ0) is 17.9. The number of allylic oxidation sites excluding steroid dienone is 1. The van der Waals surface area contributed by atoms with Crippen molar-refractivity contribution < 1.29 is 9.57 Å². The second kappa shape index (κ2) is 7.35. The Morgan fingerprint density at radius 3 is 2.85 bits per heavy atom. The van der Waals surface area contributed by atoms with Crippen LogP contribution in [-0.2, 0) is 4.84 Å². The number of rotatable bonds is 4. The number of nitrogens with zero attached hydrogens (tertiary/aromatic N) is 3. The van der Waals surface area contributed by atoms with Crippen LogP contribution < -0.4 is 4.74 Å². The summed E-state index contributed by atoms with van der Waals surface area (Å²) in [5.41, 5.74) is 1.31. The van der Waals surface area contributed by atoms with Crippen LogP contribution in [0.15, 0.2) is 42.3 Å². The van der Waals surface area contributed by atoms with Crippen molar-refractivity contribution in [1.82, 2.24) is 10.0 Å². The first-order valence-electron chi connectivity index (χ1n) is 9.27. The van der Waals surface area contributed by atoms with Gasteiger partial charge >= 0.3 is 0 Å². The number of aromatic nitrogens is 1. The Morgan fingerprint density at radius 1 is 1.27 bits per heavy atom. The third-order valence-electron chi connectivity index (χ3n) is 5.26. The van der Waals surface area contributed by atoms with E-state index in [1.165, 1.54) is 0 Å². The molecular weight excluding hydrogens is 326 g/mol. The fourth-order valence-electron chi connectivity index (χ4n) is 3.86. The topological polar surface area (TPSA) is 58.4 Å². The zero-order valence-corrected chi connectivity index (χ0v) is 15.0. The van der Waals surface area contributed by atoms with Crippen molar-refractivity contribution in [3.05, 3.63) is 47.9 Å². The van der Waals surface area contributed by atoms with Gasteiger partial charge in [0.1, 0.15) is 17.6 Å². The Morgan fingerprint density at radius 2 is 2.12 bits per heavy atom. The summed E-state index contributed by atoms with van der Waals surface area (Å²) >= 11 is 0. The van der Waals surface area contributed by atoms with Crippen LogP contribution in [-0.4, -0.2) is 29.2 Å². The molecule has 0 bridgehead atoms. The lowest BCUT2D eigenvalue weighted by molar-refractivity contribution is -0.104. The molecule has 2 aliphatic rings. The van der Waals surface area contributed by atoms with Crippen molar-refractivity contribution in [1.29, 1.82) is 5.26 Å². The van der Waals surface area contributed by atoms with Crippen LogP contribution in [0.5, 0.6) is 5.75 Å². The van der Waals surface area contributed by atoms with E-state index in [4.69, 9.17) is 9.57 Å². The van der Waals surface area contributed by atoms with E-state index in [1.807, 2.05) is 25.1 Å². The van der Waals surface area contributed by atoms with Crippen LogP contribution in [0.25, 0.3) is 10.9 Å². The molecule has 134 valence electrons. The van der Waals surface area contributed by atoms with Crippen LogP contribution in [0.1, 0.15) is 38.2 Å². The highest BCUT2D eigenvalue weighted by Crippen LogP contribution is 2.32. The predicted molar refractivity (Wildman–Crippen MR) is 99.2 cm³/mol. The molecule has 4 rings (SSSR count). The SMILES string of the molecule is CC1=CCN(CC2CCC(Oc3ccnc4c(C#N)cccc34)CC2)O1. The van der Waals surface area contributed by atoms with Crippen LogP contribution in [0, 0.1) is 17.2 Å². The summed E-state index contributed by atoms with van der Waals surface area (Å²) in [5.74, 6) is 2.50. The molecule has 0 N–H and O–H groups in total. The lowest BCUT2D eigenvalue weighted by Gasteiger charge is -2.31.